The second-order valence-electron chi connectivity index (χ2n) is 8.18. The largest absolute Gasteiger partial charge is 0.573 e. The van der Waals surface area contributed by atoms with Gasteiger partial charge in [0.05, 0.1) is 17.7 Å². The zero-order valence-electron chi connectivity index (χ0n) is 17.6. The highest BCUT2D eigenvalue weighted by molar-refractivity contribution is 5.99. The van der Waals surface area contributed by atoms with E-state index in [1.165, 1.54) is 18.2 Å². The number of amides is 1. The fraction of sp³-hybridized carbons (Fsp3) is 0.333. The number of alkyl halides is 3. The Morgan fingerprint density at radius 1 is 1.15 bits per heavy atom. The molecule has 1 aliphatic rings. The number of halogens is 3. The zero-order valence-corrected chi connectivity index (χ0v) is 17.6. The summed E-state index contributed by atoms with van der Waals surface area (Å²) in [5, 5.41) is 22.6. The average molecular weight is 457 g/mol. The van der Waals surface area contributed by atoms with E-state index >= 15 is 0 Å². The number of carbonyl (C=O) groups excluding carboxylic acids is 1. The lowest BCUT2D eigenvalue weighted by Gasteiger charge is -2.26. The van der Waals surface area contributed by atoms with Crippen LogP contribution in [0.25, 0.3) is 10.9 Å². The molecule has 2 N–H and O–H groups in total. The van der Waals surface area contributed by atoms with Gasteiger partial charge in [0, 0.05) is 23.5 Å². The van der Waals surface area contributed by atoms with E-state index in [2.05, 4.69) is 16.1 Å². The number of carbonyl (C=O) groups is 1. The molecule has 172 valence electrons. The Kier molecular flexibility index (Phi) is 6.29. The maximum Gasteiger partial charge on any atom is 0.573 e. The molecule has 0 saturated heterocycles. The van der Waals surface area contributed by atoms with Crippen LogP contribution in [0.15, 0.2) is 48.5 Å². The van der Waals surface area contributed by atoms with Gasteiger partial charge in [0.25, 0.3) is 5.91 Å². The van der Waals surface area contributed by atoms with Crippen LogP contribution < -0.4 is 10.1 Å². The Labute approximate surface area is 188 Å². The number of hydrogen-bond donors (Lipinski definition) is 2. The molecule has 0 bridgehead atoms. The van der Waals surface area contributed by atoms with Crippen LogP contribution in [0.1, 0.15) is 47.3 Å². The Balaban J connectivity index is 1.66. The molecule has 1 aromatic heterocycles. The van der Waals surface area contributed by atoms with Crippen LogP contribution in [0.2, 0.25) is 0 Å². The van der Waals surface area contributed by atoms with Crippen LogP contribution >= 0.6 is 0 Å². The van der Waals surface area contributed by atoms with Gasteiger partial charge in [0.2, 0.25) is 0 Å². The molecular weight excluding hydrogens is 435 g/mol. The molecule has 0 aliphatic heterocycles. The molecule has 1 heterocycles. The van der Waals surface area contributed by atoms with Crippen LogP contribution in [0.3, 0.4) is 0 Å². The standard InChI is InChI=1S/C24H22F3N3O3/c25-24(26,27)33-20-3-1-2-16(11-20)14-30-21-9-4-15(13-28)10-17(21)12-22(30)23(32)29-18-5-7-19(31)8-6-18/h1-4,9-12,18-19,31H,5-8,14H2,(H,29,32)/t18-,19-. The van der Waals surface area contributed by atoms with Gasteiger partial charge in [-0.15, -0.1) is 13.2 Å². The minimum Gasteiger partial charge on any atom is -0.406 e. The minimum absolute atomic E-state index is 0.0643. The second kappa shape index (κ2) is 9.16. The normalized spacial score (nSPS) is 18.6. The Morgan fingerprint density at radius 2 is 1.91 bits per heavy atom. The molecule has 33 heavy (non-hydrogen) atoms. The maximum atomic E-state index is 13.2. The molecule has 1 aliphatic carbocycles. The predicted octanol–water partition coefficient (Wildman–Crippen LogP) is 4.49. The number of hydrogen-bond acceptors (Lipinski definition) is 4. The van der Waals surface area contributed by atoms with Gasteiger partial charge in [-0.1, -0.05) is 12.1 Å². The van der Waals surface area contributed by atoms with Crippen LogP contribution in [0.4, 0.5) is 13.2 Å². The quantitative estimate of drug-likeness (QED) is 0.591. The van der Waals surface area contributed by atoms with E-state index in [1.54, 1.807) is 34.9 Å². The first kappa shape index (κ1) is 22.7. The lowest BCUT2D eigenvalue weighted by molar-refractivity contribution is -0.274. The van der Waals surface area contributed by atoms with E-state index in [0.29, 0.717) is 53.4 Å². The third-order valence-corrected chi connectivity index (χ3v) is 5.77. The first-order valence-electron chi connectivity index (χ1n) is 10.6. The number of nitrogens with one attached hydrogen (secondary N) is 1. The summed E-state index contributed by atoms with van der Waals surface area (Å²) in [6, 6.07) is 14.3. The van der Waals surface area contributed by atoms with E-state index in [4.69, 9.17) is 0 Å². The van der Waals surface area contributed by atoms with Gasteiger partial charge in [-0.25, -0.2) is 0 Å². The lowest BCUT2D eigenvalue weighted by Crippen LogP contribution is -2.39. The summed E-state index contributed by atoms with van der Waals surface area (Å²) in [5.74, 6) is -0.649. The van der Waals surface area contributed by atoms with Crippen LogP contribution in [0.5, 0.6) is 5.75 Å². The number of aliphatic hydroxyl groups is 1. The monoisotopic (exact) mass is 457 g/mol. The van der Waals surface area contributed by atoms with Crippen molar-refractivity contribution in [3.05, 3.63) is 65.4 Å². The molecule has 4 rings (SSSR count). The molecule has 1 fully saturated rings. The van der Waals surface area contributed by atoms with Crippen LogP contribution in [-0.2, 0) is 6.54 Å². The number of aromatic nitrogens is 1. The topological polar surface area (TPSA) is 87.3 Å². The van der Waals surface area contributed by atoms with Crippen LogP contribution in [0, 0.1) is 11.3 Å². The first-order valence-corrected chi connectivity index (χ1v) is 10.6. The van der Waals surface area contributed by atoms with Crippen molar-refractivity contribution in [3.8, 4) is 11.8 Å². The molecular formula is C24H22F3N3O3. The van der Waals surface area contributed by atoms with Gasteiger partial charge < -0.3 is 19.7 Å². The van der Waals surface area contributed by atoms with Gasteiger partial charge in [0.1, 0.15) is 11.4 Å². The number of nitriles is 1. The molecule has 0 spiro atoms. The molecule has 1 amide bonds. The third kappa shape index (κ3) is 5.46. The second-order valence-corrected chi connectivity index (χ2v) is 8.18. The highest BCUT2D eigenvalue weighted by atomic mass is 19.4. The summed E-state index contributed by atoms with van der Waals surface area (Å²) >= 11 is 0. The smallest absolute Gasteiger partial charge is 0.406 e. The van der Waals surface area contributed by atoms with E-state index in [-0.39, 0.29) is 30.3 Å². The third-order valence-electron chi connectivity index (χ3n) is 5.77. The Hall–Kier alpha value is -3.51. The average Bonchev–Trinajstić information content (AvgIpc) is 3.12. The van der Waals surface area contributed by atoms with Gasteiger partial charge in [-0.3, -0.25) is 4.79 Å². The highest BCUT2D eigenvalue weighted by Crippen LogP contribution is 2.27. The number of aliphatic hydroxyl groups excluding tert-OH is 1. The number of rotatable bonds is 5. The van der Waals surface area contributed by atoms with E-state index in [0.717, 1.165) is 0 Å². The summed E-state index contributed by atoms with van der Waals surface area (Å²) in [6.07, 6.45) is -2.58. The van der Waals surface area contributed by atoms with E-state index in [1.807, 2.05) is 0 Å². The van der Waals surface area contributed by atoms with Gasteiger partial charge in [-0.2, -0.15) is 5.26 Å². The number of ether oxygens (including phenoxy) is 1. The van der Waals surface area contributed by atoms with Crippen molar-refractivity contribution in [2.75, 3.05) is 0 Å². The van der Waals surface area contributed by atoms with E-state index in [9.17, 15) is 28.3 Å². The van der Waals surface area contributed by atoms with Crippen molar-refractivity contribution in [2.45, 2.75) is 50.7 Å². The predicted molar refractivity (Wildman–Crippen MR) is 115 cm³/mol. The Bertz CT molecular complexity index is 1210. The molecule has 3 aromatic rings. The first-order chi connectivity index (χ1) is 15.7. The number of fused-ring (bicyclic) bond motifs is 1. The summed E-state index contributed by atoms with van der Waals surface area (Å²) < 4.78 is 43.6. The molecule has 0 unspecified atom stereocenters. The van der Waals surface area contributed by atoms with Gasteiger partial charge >= 0.3 is 6.36 Å². The Morgan fingerprint density at radius 3 is 2.61 bits per heavy atom. The van der Waals surface area contributed by atoms with Gasteiger partial charge in [0.15, 0.2) is 0 Å². The fourth-order valence-corrected chi connectivity index (χ4v) is 4.20. The summed E-state index contributed by atoms with van der Waals surface area (Å²) in [4.78, 5) is 13.2. The lowest BCUT2D eigenvalue weighted by atomic mass is 9.93. The number of nitrogens with zero attached hydrogens (tertiary/aromatic N) is 2. The number of benzene rings is 2. The van der Waals surface area contributed by atoms with Crippen molar-refractivity contribution in [1.29, 1.82) is 5.26 Å². The molecule has 0 atom stereocenters. The maximum absolute atomic E-state index is 13.2. The van der Waals surface area contributed by atoms with Crippen molar-refractivity contribution < 1.29 is 27.8 Å². The van der Waals surface area contributed by atoms with E-state index < -0.39 is 6.36 Å². The highest BCUT2D eigenvalue weighted by Gasteiger charge is 2.31. The molecule has 2 aromatic carbocycles. The molecule has 1 saturated carbocycles. The minimum atomic E-state index is -4.80. The van der Waals surface area contributed by atoms with Gasteiger partial charge in [-0.05, 0) is 67.6 Å². The van der Waals surface area contributed by atoms with Crippen LogP contribution in [-0.4, -0.2) is 34.1 Å². The van der Waals surface area contributed by atoms with Crippen molar-refractivity contribution in [2.24, 2.45) is 0 Å². The molecule has 6 nitrogen and oxygen atoms in total. The zero-order chi connectivity index (χ0) is 23.6. The summed E-state index contributed by atoms with van der Waals surface area (Å²) in [5.41, 5.74) is 1.98. The fourth-order valence-electron chi connectivity index (χ4n) is 4.20. The SMILES string of the molecule is N#Cc1ccc2c(c1)cc(C(=O)N[C@H]1CC[C@H](O)CC1)n2Cc1cccc(OC(F)(F)F)c1. The summed E-state index contributed by atoms with van der Waals surface area (Å²) in [6.45, 7) is 0.136. The van der Waals surface area contributed by atoms with Crippen molar-refractivity contribution in [3.63, 3.8) is 0 Å². The summed E-state index contributed by atoms with van der Waals surface area (Å²) in [7, 11) is 0. The molecule has 9 heteroatoms. The van der Waals surface area contributed by atoms with Crippen molar-refractivity contribution >= 4 is 16.8 Å². The van der Waals surface area contributed by atoms with Crippen molar-refractivity contribution in [1.82, 2.24) is 9.88 Å². The molecule has 0 radical (unpaired) electrons.